The molecule has 0 bridgehead atoms. The number of guanidine groups is 1. The van der Waals surface area contributed by atoms with E-state index >= 15 is 0 Å². The van der Waals surface area contributed by atoms with E-state index in [1.807, 2.05) is 6.07 Å². The summed E-state index contributed by atoms with van der Waals surface area (Å²) >= 11 is 0. The maximum atomic E-state index is 6.09. The van der Waals surface area contributed by atoms with E-state index in [4.69, 9.17) is 5.73 Å². The number of nitrogens with zero attached hydrogens (tertiary/aromatic N) is 2. The van der Waals surface area contributed by atoms with Crippen LogP contribution in [0.25, 0.3) is 0 Å². The summed E-state index contributed by atoms with van der Waals surface area (Å²) in [6.45, 7) is 12.0. The third-order valence-electron chi connectivity index (χ3n) is 4.67. The van der Waals surface area contributed by atoms with Gasteiger partial charge in [-0.3, -0.25) is 9.89 Å². The second-order valence-electron chi connectivity index (χ2n) is 7.47. The maximum absolute atomic E-state index is 6.09. The number of aliphatic imine (C=N–C) groups is 1. The van der Waals surface area contributed by atoms with E-state index < -0.39 is 0 Å². The zero-order valence-corrected chi connectivity index (χ0v) is 15.1. The normalized spacial score (nSPS) is 17.5. The number of hydrogen-bond donors (Lipinski definition) is 2. The number of nitrogens with one attached hydrogen (secondary N) is 1. The van der Waals surface area contributed by atoms with Crippen molar-refractivity contribution in [3.8, 4) is 0 Å². The van der Waals surface area contributed by atoms with E-state index in [1.165, 1.54) is 37.9 Å². The smallest absolute Gasteiger partial charge is 0.193 e. The predicted octanol–water partition coefficient (Wildman–Crippen LogP) is 3.80. The zero-order chi connectivity index (χ0) is 16.9. The van der Waals surface area contributed by atoms with Crippen molar-refractivity contribution in [3.05, 3.63) is 29.8 Å². The van der Waals surface area contributed by atoms with Crippen molar-refractivity contribution in [1.29, 1.82) is 0 Å². The van der Waals surface area contributed by atoms with Gasteiger partial charge in [-0.05, 0) is 63.4 Å². The second-order valence-corrected chi connectivity index (χ2v) is 7.47. The average molecular weight is 316 g/mol. The Labute approximate surface area is 141 Å². The van der Waals surface area contributed by atoms with E-state index in [0.717, 1.165) is 12.2 Å². The third kappa shape index (κ3) is 5.24. The van der Waals surface area contributed by atoms with Crippen LogP contribution in [-0.4, -0.2) is 36.0 Å². The Bertz CT molecular complexity index is 528. The van der Waals surface area contributed by atoms with Crippen molar-refractivity contribution in [2.24, 2.45) is 10.7 Å². The number of benzene rings is 1. The Morgan fingerprint density at radius 1 is 1.26 bits per heavy atom. The van der Waals surface area contributed by atoms with Gasteiger partial charge in [-0.2, -0.15) is 0 Å². The average Bonchev–Trinajstić information content (AvgIpc) is 2.54. The fraction of sp³-hybridized carbons (Fsp3) is 0.632. The van der Waals surface area contributed by atoms with Gasteiger partial charge in [0.1, 0.15) is 0 Å². The molecule has 0 amide bonds. The third-order valence-corrected chi connectivity index (χ3v) is 4.67. The van der Waals surface area contributed by atoms with Crippen molar-refractivity contribution >= 4 is 11.6 Å². The van der Waals surface area contributed by atoms with Crippen LogP contribution in [-0.2, 0) is 0 Å². The van der Waals surface area contributed by atoms with E-state index in [-0.39, 0.29) is 5.54 Å². The molecule has 1 heterocycles. The molecule has 0 radical (unpaired) electrons. The van der Waals surface area contributed by atoms with Gasteiger partial charge in [-0.1, -0.05) is 32.4 Å². The molecule has 1 saturated heterocycles. The second kappa shape index (κ2) is 7.82. The highest BCUT2D eigenvalue weighted by Gasteiger charge is 2.27. The van der Waals surface area contributed by atoms with Crippen LogP contribution in [0.3, 0.4) is 0 Å². The minimum Gasteiger partial charge on any atom is -0.370 e. The molecule has 128 valence electrons. The van der Waals surface area contributed by atoms with Crippen molar-refractivity contribution in [1.82, 2.24) is 4.90 Å². The molecule has 1 aromatic carbocycles. The van der Waals surface area contributed by atoms with Gasteiger partial charge in [0.25, 0.3) is 0 Å². The molecule has 0 unspecified atom stereocenters. The summed E-state index contributed by atoms with van der Waals surface area (Å²) in [7, 11) is 0. The predicted molar refractivity (Wildman–Crippen MR) is 100 cm³/mol. The van der Waals surface area contributed by atoms with Gasteiger partial charge in [-0.25, -0.2) is 0 Å². The maximum Gasteiger partial charge on any atom is 0.193 e. The Morgan fingerprint density at radius 2 is 1.96 bits per heavy atom. The molecule has 1 fully saturated rings. The monoisotopic (exact) mass is 316 g/mol. The van der Waals surface area contributed by atoms with Crippen molar-refractivity contribution < 1.29 is 0 Å². The van der Waals surface area contributed by atoms with Crippen LogP contribution in [0.1, 0.15) is 58.4 Å². The van der Waals surface area contributed by atoms with Crippen LogP contribution in [0.2, 0.25) is 0 Å². The van der Waals surface area contributed by atoms with Crippen molar-refractivity contribution in [3.63, 3.8) is 0 Å². The molecule has 2 rings (SSSR count). The largest absolute Gasteiger partial charge is 0.370 e. The SMILES string of the molecule is CC(C)c1cccc(NC(N)=NCC(C)(C)N2CCCCC2)c1. The van der Waals surface area contributed by atoms with Crippen molar-refractivity contribution in [2.75, 3.05) is 25.0 Å². The van der Waals surface area contributed by atoms with Crippen LogP contribution < -0.4 is 11.1 Å². The first kappa shape index (κ1) is 17.8. The molecule has 1 aliphatic heterocycles. The Balaban J connectivity index is 1.95. The molecule has 4 nitrogen and oxygen atoms in total. The van der Waals surface area contributed by atoms with Crippen LogP contribution >= 0.6 is 0 Å². The highest BCUT2D eigenvalue weighted by atomic mass is 15.2. The summed E-state index contributed by atoms with van der Waals surface area (Å²) in [5, 5.41) is 3.22. The topological polar surface area (TPSA) is 53.6 Å². The first-order chi connectivity index (χ1) is 10.9. The molecule has 0 atom stereocenters. The van der Waals surface area contributed by atoms with Crippen LogP contribution in [0, 0.1) is 0 Å². The molecule has 1 aromatic rings. The quantitative estimate of drug-likeness (QED) is 0.642. The Kier molecular flexibility index (Phi) is 6.05. The molecular weight excluding hydrogens is 284 g/mol. The van der Waals surface area contributed by atoms with Gasteiger partial charge in [0.15, 0.2) is 5.96 Å². The highest BCUT2D eigenvalue weighted by molar-refractivity contribution is 5.92. The molecule has 4 heteroatoms. The number of likely N-dealkylation sites (tertiary alicyclic amines) is 1. The lowest BCUT2D eigenvalue weighted by Gasteiger charge is -2.40. The van der Waals surface area contributed by atoms with Gasteiger partial charge in [0.05, 0.1) is 6.54 Å². The van der Waals surface area contributed by atoms with E-state index in [0.29, 0.717) is 11.9 Å². The van der Waals surface area contributed by atoms with Gasteiger partial charge in [0.2, 0.25) is 0 Å². The van der Waals surface area contributed by atoms with E-state index in [1.54, 1.807) is 0 Å². The highest BCUT2D eigenvalue weighted by Crippen LogP contribution is 2.21. The Morgan fingerprint density at radius 3 is 2.61 bits per heavy atom. The number of nitrogens with two attached hydrogens (primary N) is 1. The fourth-order valence-corrected chi connectivity index (χ4v) is 3.04. The van der Waals surface area contributed by atoms with Crippen molar-refractivity contribution in [2.45, 2.75) is 58.4 Å². The molecule has 0 spiro atoms. The molecule has 0 saturated carbocycles. The molecule has 23 heavy (non-hydrogen) atoms. The van der Waals surface area contributed by atoms with Crippen LogP contribution in [0.15, 0.2) is 29.3 Å². The van der Waals surface area contributed by atoms with Gasteiger partial charge in [0, 0.05) is 11.2 Å². The van der Waals surface area contributed by atoms with Crippen LogP contribution in [0.5, 0.6) is 0 Å². The standard InChI is InChI=1S/C19H32N4/c1-15(2)16-9-8-10-17(13-16)22-18(20)21-14-19(3,4)23-11-6-5-7-12-23/h8-10,13,15H,5-7,11-12,14H2,1-4H3,(H3,20,21,22). The summed E-state index contributed by atoms with van der Waals surface area (Å²) < 4.78 is 0. The van der Waals surface area contributed by atoms with E-state index in [2.05, 4.69) is 61.1 Å². The van der Waals surface area contributed by atoms with E-state index in [9.17, 15) is 0 Å². The molecule has 3 N–H and O–H groups in total. The Hall–Kier alpha value is -1.55. The first-order valence-corrected chi connectivity index (χ1v) is 8.80. The zero-order valence-electron chi connectivity index (χ0n) is 15.1. The summed E-state index contributed by atoms with van der Waals surface area (Å²) in [6, 6.07) is 8.37. The lowest BCUT2D eigenvalue weighted by atomic mass is 9.99. The first-order valence-electron chi connectivity index (χ1n) is 8.80. The summed E-state index contributed by atoms with van der Waals surface area (Å²) in [5.74, 6) is 1.00. The lowest BCUT2D eigenvalue weighted by Crippen LogP contribution is -2.49. The number of piperidine rings is 1. The molecule has 1 aliphatic rings. The molecular formula is C19H32N4. The summed E-state index contributed by atoms with van der Waals surface area (Å²) in [5.41, 5.74) is 8.46. The molecule has 0 aliphatic carbocycles. The van der Waals surface area contributed by atoms with Crippen LogP contribution in [0.4, 0.5) is 5.69 Å². The van der Waals surface area contributed by atoms with Gasteiger partial charge in [-0.15, -0.1) is 0 Å². The van der Waals surface area contributed by atoms with Gasteiger partial charge < -0.3 is 11.1 Å². The minimum absolute atomic E-state index is 0.0620. The molecule has 0 aromatic heterocycles. The fourth-order valence-electron chi connectivity index (χ4n) is 3.04. The number of anilines is 1. The lowest BCUT2D eigenvalue weighted by molar-refractivity contribution is 0.102. The summed E-state index contributed by atoms with van der Waals surface area (Å²) in [4.78, 5) is 7.12. The van der Waals surface area contributed by atoms with Gasteiger partial charge >= 0.3 is 0 Å². The number of rotatable bonds is 5. The number of hydrogen-bond acceptors (Lipinski definition) is 2. The minimum atomic E-state index is 0.0620. The summed E-state index contributed by atoms with van der Waals surface area (Å²) in [6.07, 6.45) is 3.94.